The molecule has 8 nitrogen and oxygen atoms in total. The monoisotopic (exact) mass is 396 g/mol. The van der Waals surface area contributed by atoms with Gasteiger partial charge in [0.15, 0.2) is 0 Å². The molecule has 0 saturated heterocycles. The molecule has 2 aromatic heterocycles. The van der Waals surface area contributed by atoms with Gasteiger partial charge >= 0.3 is 5.97 Å². The number of nitrogens with one attached hydrogen (secondary N) is 2. The van der Waals surface area contributed by atoms with Crippen molar-refractivity contribution in [3.8, 4) is 0 Å². The van der Waals surface area contributed by atoms with Crippen molar-refractivity contribution in [3.63, 3.8) is 0 Å². The van der Waals surface area contributed by atoms with Gasteiger partial charge in [-0.15, -0.1) is 11.3 Å². The second-order valence-electron chi connectivity index (χ2n) is 5.46. The van der Waals surface area contributed by atoms with Crippen LogP contribution in [-0.2, 0) is 4.74 Å². The summed E-state index contributed by atoms with van der Waals surface area (Å²) < 4.78 is 4.92. The molecule has 0 radical (unpaired) electrons. The molecule has 0 unspecified atom stereocenters. The summed E-state index contributed by atoms with van der Waals surface area (Å²) in [5, 5.41) is 7.09. The van der Waals surface area contributed by atoms with Crippen molar-refractivity contribution in [2.45, 2.75) is 6.92 Å². The van der Waals surface area contributed by atoms with Crippen LogP contribution in [0.25, 0.3) is 0 Å². The van der Waals surface area contributed by atoms with Gasteiger partial charge in [0.25, 0.3) is 11.8 Å². The fourth-order valence-electron chi connectivity index (χ4n) is 2.28. The van der Waals surface area contributed by atoms with Crippen molar-refractivity contribution in [2.24, 2.45) is 0 Å². The number of aromatic nitrogens is 2. The number of anilines is 2. The van der Waals surface area contributed by atoms with E-state index in [4.69, 9.17) is 4.74 Å². The first kappa shape index (κ1) is 19.2. The Kier molecular flexibility index (Phi) is 6.07. The van der Waals surface area contributed by atoms with Crippen LogP contribution in [0.3, 0.4) is 0 Å². The van der Waals surface area contributed by atoms with Gasteiger partial charge in [-0.1, -0.05) is 0 Å². The highest BCUT2D eigenvalue weighted by Crippen LogP contribution is 2.24. The first-order valence-electron chi connectivity index (χ1n) is 8.32. The molecule has 0 spiro atoms. The molecule has 142 valence electrons. The van der Waals surface area contributed by atoms with E-state index < -0.39 is 11.9 Å². The van der Waals surface area contributed by atoms with Crippen LogP contribution in [0.5, 0.6) is 0 Å². The topological polar surface area (TPSA) is 110 Å². The van der Waals surface area contributed by atoms with E-state index in [-0.39, 0.29) is 11.6 Å². The molecular formula is C19H16N4O4S. The first-order valence-corrected chi connectivity index (χ1v) is 9.20. The Bertz CT molecular complexity index is 987. The molecule has 2 amide bonds. The number of ether oxygens (including phenoxy) is 1. The van der Waals surface area contributed by atoms with E-state index in [9.17, 15) is 14.4 Å². The van der Waals surface area contributed by atoms with E-state index in [1.54, 1.807) is 42.6 Å². The maximum Gasteiger partial charge on any atom is 0.338 e. The molecule has 0 saturated carbocycles. The first-order chi connectivity index (χ1) is 13.6. The number of esters is 1. The third kappa shape index (κ3) is 4.57. The summed E-state index contributed by atoms with van der Waals surface area (Å²) in [6, 6.07) is 7.99. The second kappa shape index (κ2) is 8.87. The third-order valence-electron chi connectivity index (χ3n) is 3.57. The third-order valence-corrected chi connectivity index (χ3v) is 4.48. The van der Waals surface area contributed by atoms with Crippen LogP contribution < -0.4 is 10.6 Å². The number of amides is 2. The second-order valence-corrected chi connectivity index (χ2v) is 6.38. The maximum absolute atomic E-state index is 12.6. The molecule has 0 atom stereocenters. The minimum atomic E-state index is -0.459. The van der Waals surface area contributed by atoms with Crippen molar-refractivity contribution in [3.05, 3.63) is 70.4 Å². The van der Waals surface area contributed by atoms with Crippen LogP contribution in [0.2, 0.25) is 0 Å². The zero-order valence-electron chi connectivity index (χ0n) is 14.8. The summed E-state index contributed by atoms with van der Waals surface area (Å²) in [5.74, 6) is -1.26. The standard InChI is InChI=1S/C19H16N4O4S/c1-2-27-19(26)12-3-5-13(6-4-12)22-18(25)16-14(7-10-28-16)23-17(24)15-11-20-8-9-21-15/h3-11H,2H2,1H3,(H,22,25)(H,23,24). The Hall–Kier alpha value is -3.59. The smallest absolute Gasteiger partial charge is 0.338 e. The minimum absolute atomic E-state index is 0.148. The Balaban J connectivity index is 1.68. The Morgan fingerprint density at radius 1 is 1.04 bits per heavy atom. The number of hydrogen-bond donors (Lipinski definition) is 2. The van der Waals surface area contributed by atoms with Gasteiger partial charge < -0.3 is 15.4 Å². The van der Waals surface area contributed by atoms with Gasteiger partial charge in [-0.05, 0) is 42.6 Å². The quantitative estimate of drug-likeness (QED) is 0.619. The van der Waals surface area contributed by atoms with Crippen molar-refractivity contribution in [1.29, 1.82) is 0 Å². The average molecular weight is 396 g/mol. The highest BCUT2D eigenvalue weighted by Gasteiger charge is 2.17. The average Bonchev–Trinajstić information content (AvgIpc) is 3.17. The van der Waals surface area contributed by atoms with Crippen LogP contribution in [0.4, 0.5) is 11.4 Å². The lowest BCUT2D eigenvalue weighted by molar-refractivity contribution is 0.0526. The van der Waals surface area contributed by atoms with Crippen molar-refractivity contribution >= 4 is 40.5 Å². The Labute approximate surface area is 164 Å². The van der Waals surface area contributed by atoms with Gasteiger partial charge in [0, 0.05) is 18.1 Å². The molecule has 0 bridgehead atoms. The van der Waals surface area contributed by atoms with Crippen molar-refractivity contribution < 1.29 is 19.1 Å². The number of hydrogen-bond acceptors (Lipinski definition) is 7. The van der Waals surface area contributed by atoms with E-state index >= 15 is 0 Å². The van der Waals surface area contributed by atoms with Crippen LogP contribution in [0.15, 0.2) is 54.3 Å². The molecule has 9 heteroatoms. The number of nitrogens with zero attached hydrogens (tertiary/aromatic N) is 2. The summed E-state index contributed by atoms with van der Waals surface area (Å²) in [7, 11) is 0. The van der Waals surface area contributed by atoms with Crippen LogP contribution in [0.1, 0.15) is 37.4 Å². The van der Waals surface area contributed by atoms with Gasteiger partial charge in [-0.25, -0.2) is 9.78 Å². The number of thiophene rings is 1. The lowest BCUT2D eigenvalue weighted by atomic mass is 10.2. The molecule has 2 N–H and O–H groups in total. The normalized spacial score (nSPS) is 10.2. The highest BCUT2D eigenvalue weighted by molar-refractivity contribution is 7.12. The lowest BCUT2D eigenvalue weighted by Crippen LogP contribution is -2.17. The molecule has 1 aromatic carbocycles. The highest BCUT2D eigenvalue weighted by atomic mass is 32.1. The number of benzene rings is 1. The number of carbonyl (C=O) groups excluding carboxylic acids is 3. The molecule has 0 fully saturated rings. The van der Waals surface area contributed by atoms with Crippen LogP contribution in [0, 0.1) is 0 Å². The van der Waals surface area contributed by atoms with E-state index in [0.29, 0.717) is 28.4 Å². The molecular weight excluding hydrogens is 380 g/mol. The summed E-state index contributed by atoms with van der Waals surface area (Å²) in [6.45, 7) is 2.02. The molecule has 3 aromatic rings. The zero-order valence-corrected chi connectivity index (χ0v) is 15.7. The summed E-state index contributed by atoms with van der Waals surface area (Å²) in [4.78, 5) is 44.6. The number of rotatable bonds is 6. The van der Waals surface area contributed by atoms with Crippen molar-refractivity contribution in [1.82, 2.24) is 9.97 Å². The van der Waals surface area contributed by atoms with E-state index in [1.165, 1.54) is 29.9 Å². The fraction of sp³-hybridized carbons (Fsp3) is 0.105. The van der Waals surface area contributed by atoms with E-state index in [0.717, 1.165) is 0 Å². The predicted molar refractivity (Wildman–Crippen MR) is 105 cm³/mol. The van der Waals surface area contributed by atoms with Crippen LogP contribution in [-0.4, -0.2) is 34.4 Å². The minimum Gasteiger partial charge on any atom is -0.462 e. The summed E-state index contributed by atoms with van der Waals surface area (Å²) >= 11 is 1.19. The molecule has 0 aliphatic rings. The molecule has 0 aliphatic carbocycles. The lowest BCUT2D eigenvalue weighted by Gasteiger charge is -2.08. The van der Waals surface area contributed by atoms with Gasteiger partial charge in [-0.2, -0.15) is 0 Å². The maximum atomic E-state index is 12.6. The van der Waals surface area contributed by atoms with Gasteiger partial charge in [0.05, 0.1) is 24.1 Å². The molecule has 3 rings (SSSR count). The van der Waals surface area contributed by atoms with Crippen LogP contribution >= 0.6 is 11.3 Å². The van der Waals surface area contributed by atoms with E-state index in [1.807, 2.05) is 0 Å². The predicted octanol–water partition coefficient (Wildman–Crippen LogP) is 3.22. The zero-order chi connectivity index (χ0) is 19.9. The van der Waals surface area contributed by atoms with Gasteiger partial charge in [-0.3, -0.25) is 14.6 Å². The van der Waals surface area contributed by atoms with Crippen molar-refractivity contribution in [2.75, 3.05) is 17.2 Å². The number of carbonyl (C=O) groups is 3. The molecule has 28 heavy (non-hydrogen) atoms. The Morgan fingerprint density at radius 2 is 1.82 bits per heavy atom. The Morgan fingerprint density at radius 3 is 2.50 bits per heavy atom. The molecule has 0 aliphatic heterocycles. The van der Waals surface area contributed by atoms with Gasteiger partial charge in [0.1, 0.15) is 10.6 Å². The summed E-state index contributed by atoms with van der Waals surface area (Å²) in [6.07, 6.45) is 4.22. The van der Waals surface area contributed by atoms with E-state index in [2.05, 4.69) is 20.6 Å². The summed E-state index contributed by atoms with van der Waals surface area (Å²) in [5.41, 5.74) is 1.43. The fourth-order valence-corrected chi connectivity index (χ4v) is 3.02. The largest absolute Gasteiger partial charge is 0.462 e. The SMILES string of the molecule is CCOC(=O)c1ccc(NC(=O)c2sccc2NC(=O)c2cnccn2)cc1. The molecule has 2 heterocycles. The van der Waals surface area contributed by atoms with Gasteiger partial charge in [0.2, 0.25) is 0 Å².